The number of benzene rings is 2. The van der Waals surface area contributed by atoms with Crippen LogP contribution in [0.2, 0.25) is 0 Å². The molecule has 2 heterocycles. The lowest BCUT2D eigenvalue weighted by atomic mass is 10.2. The molecule has 0 atom stereocenters. The largest absolute Gasteiger partial charge is 0.431 e. The van der Waals surface area contributed by atoms with Crippen LogP contribution in [-0.4, -0.2) is 23.0 Å². The van der Waals surface area contributed by atoms with Crippen LogP contribution in [-0.2, 0) is 19.5 Å². The number of halogens is 1. The highest BCUT2D eigenvalue weighted by molar-refractivity contribution is 5.92. The van der Waals surface area contributed by atoms with Crippen molar-refractivity contribution >= 4 is 11.8 Å². The third-order valence-corrected chi connectivity index (χ3v) is 4.50. The van der Waals surface area contributed by atoms with Gasteiger partial charge in [0.05, 0.1) is 6.54 Å². The predicted molar refractivity (Wildman–Crippen MR) is 103 cm³/mol. The standard InChI is InChI=1S/C22H18FN3O2/c1-25-21-19(15-26(22(25)27)14-17-10-12-18(23)13-11-17)28-20(24-21)9-5-8-16-6-3-2-4-7-16/h2-4,6-7,10-13H,8,14-15H2,1H3. The molecule has 6 heteroatoms. The number of hydrogen-bond acceptors (Lipinski definition) is 3. The van der Waals surface area contributed by atoms with Crippen molar-refractivity contribution in [1.82, 2.24) is 9.88 Å². The van der Waals surface area contributed by atoms with E-state index in [1.54, 1.807) is 24.1 Å². The minimum absolute atomic E-state index is 0.186. The zero-order valence-electron chi connectivity index (χ0n) is 15.4. The quantitative estimate of drug-likeness (QED) is 0.651. The van der Waals surface area contributed by atoms with E-state index in [0.717, 1.165) is 11.1 Å². The first-order valence-corrected chi connectivity index (χ1v) is 8.90. The highest BCUT2D eigenvalue weighted by Crippen LogP contribution is 2.28. The third kappa shape index (κ3) is 3.74. The van der Waals surface area contributed by atoms with Crippen molar-refractivity contribution in [2.75, 3.05) is 11.9 Å². The average Bonchev–Trinajstić information content (AvgIpc) is 3.11. The predicted octanol–water partition coefficient (Wildman–Crippen LogP) is 3.98. The topological polar surface area (TPSA) is 49.6 Å². The van der Waals surface area contributed by atoms with Crippen LogP contribution < -0.4 is 4.90 Å². The molecule has 2 amide bonds. The second-order valence-electron chi connectivity index (χ2n) is 6.55. The molecule has 0 bridgehead atoms. The van der Waals surface area contributed by atoms with Gasteiger partial charge in [0.15, 0.2) is 11.6 Å². The smallest absolute Gasteiger partial charge is 0.326 e. The van der Waals surface area contributed by atoms with Crippen molar-refractivity contribution in [2.45, 2.75) is 19.5 Å². The maximum Gasteiger partial charge on any atom is 0.326 e. The Morgan fingerprint density at radius 1 is 1.11 bits per heavy atom. The fourth-order valence-corrected chi connectivity index (χ4v) is 3.06. The molecule has 1 aliphatic rings. The van der Waals surface area contributed by atoms with Crippen LogP contribution in [0, 0.1) is 17.7 Å². The Morgan fingerprint density at radius 2 is 1.86 bits per heavy atom. The third-order valence-electron chi connectivity index (χ3n) is 4.50. The van der Waals surface area contributed by atoms with E-state index in [0.29, 0.717) is 37.0 Å². The second-order valence-corrected chi connectivity index (χ2v) is 6.55. The summed E-state index contributed by atoms with van der Waals surface area (Å²) in [4.78, 5) is 20.1. The number of aromatic nitrogens is 1. The molecule has 5 nitrogen and oxygen atoms in total. The van der Waals surface area contributed by atoms with Gasteiger partial charge < -0.3 is 9.32 Å². The van der Waals surface area contributed by atoms with Crippen LogP contribution in [0.25, 0.3) is 0 Å². The highest BCUT2D eigenvalue weighted by atomic mass is 19.1. The molecule has 0 N–H and O–H groups in total. The molecular formula is C22H18FN3O2. The van der Waals surface area contributed by atoms with Gasteiger partial charge in [0.1, 0.15) is 5.82 Å². The van der Waals surface area contributed by atoms with Gasteiger partial charge >= 0.3 is 6.03 Å². The number of urea groups is 1. The molecule has 28 heavy (non-hydrogen) atoms. The van der Waals surface area contributed by atoms with Crippen LogP contribution in [0.3, 0.4) is 0 Å². The summed E-state index contributed by atoms with van der Waals surface area (Å²) >= 11 is 0. The summed E-state index contributed by atoms with van der Waals surface area (Å²) in [6.07, 6.45) is 0.597. The molecular weight excluding hydrogens is 357 g/mol. The van der Waals surface area contributed by atoms with E-state index in [1.807, 2.05) is 30.3 Å². The van der Waals surface area contributed by atoms with E-state index in [-0.39, 0.29) is 11.8 Å². The Hall–Kier alpha value is -3.59. The summed E-state index contributed by atoms with van der Waals surface area (Å²) in [5, 5.41) is 0. The summed E-state index contributed by atoms with van der Waals surface area (Å²) < 4.78 is 18.9. The number of hydrogen-bond donors (Lipinski definition) is 0. The maximum atomic E-state index is 13.1. The van der Waals surface area contributed by atoms with Gasteiger partial charge in [0.25, 0.3) is 5.89 Å². The molecule has 0 saturated carbocycles. The fourth-order valence-electron chi connectivity index (χ4n) is 3.06. The number of nitrogens with zero attached hydrogens (tertiary/aromatic N) is 3. The van der Waals surface area contributed by atoms with E-state index in [2.05, 4.69) is 16.8 Å². The molecule has 4 rings (SSSR count). The number of carbonyl (C=O) groups is 1. The molecule has 0 radical (unpaired) electrons. The first-order chi connectivity index (χ1) is 13.6. The van der Waals surface area contributed by atoms with Gasteiger partial charge in [-0.05, 0) is 29.2 Å². The van der Waals surface area contributed by atoms with Crippen molar-refractivity contribution in [3.8, 4) is 11.8 Å². The van der Waals surface area contributed by atoms with Crippen LogP contribution in [0.1, 0.15) is 22.8 Å². The van der Waals surface area contributed by atoms with Crippen molar-refractivity contribution in [1.29, 1.82) is 0 Å². The number of carbonyl (C=O) groups excluding carboxylic acids is 1. The molecule has 3 aromatic rings. The zero-order chi connectivity index (χ0) is 19.5. The van der Waals surface area contributed by atoms with Gasteiger partial charge in [-0.15, -0.1) is 0 Å². The summed E-state index contributed by atoms with van der Waals surface area (Å²) in [5.41, 5.74) is 1.96. The van der Waals surface area contributed by atoms with Gasteiger partial charge in [-0.2, -0.15) is 4.98 Å². The van der Waals surface area contributed by atoms with E-state index in [4.69, 9.17) is 4.42 Å². The first kappa shape index (κ1) is 17.8. The molecule has 1 aromatic heterocycles. The fraction of sp³-hybridized carbons (Fsp3) is 0.182. The molecule has 1 aliphatic heterocycles. The lowest BCUT2D eigenvalue weighted by Gasteiger charge is -2.31. The highest BCUT2D eigenvalue weighted by Gasteiger charge is 2.32. The first-order valence-electron chi connectivity index (χ1n) is 8.90. The minimum Gasteiger partial charge on any atom is -0.431 e. The number of rotatable bonds is 3. The molecule has 0 aliphatic carbocycles. The molecule has 0 fully saturated rings. The van der Waals surface area contributed by atoms with Crippen LogP contribution in [0.4, 0.5) is 15.0 Å². The Labute approximate surface area is 162 Å². The number of oxazole rings is 1. The van der Waals surface area contributed by atoms with Gasteiger partial charge in [-0.1, -0.05) is 48.4 Å². The average molecular weight is 375 g/mol. The molecule has 140 valence electrons. The number of fused-ring (bicyclic) bond motifs is 1. The summed E-state index contributed by atoms with van der Waals surface area (Å²) in [6.45, 7) is 0.655. The van der Waals surface area contributed by atoms with Crippen molar-refractivity contribution in [3.63, 3.8) is 0 Å². The molecule has 0 unspecified atom stereocenters. The van der Waals surface area contributed by atoms with Crippen LogP contribution >= 0.6 is 0 Å². The molecule has 0 spiro atoms. The Kier molecular flexibility index (Phi) is 4.81. The molecule has 2 aromatic carbocycles. The van der Waals surface area contributed by atoms with Gasteiger partial charge in [0, 0.05) is 20.0 Å². The summed E-state index contributed by atoms with van der Waals surface area (Å²) in [7, 11) is 1.65. The number of anilines is 1. The van der Waals surface area contributed by atoms with Crippen LogP contribution in [0.5, 0.6) is 0 Å². The Bertz CT molecular complexity index is 1050. The van der Waals surface area contributed by atoms with Crippen molar-refractivity contribution < 1.29 is 13.6 Å². The maximum absolute atomic E-state index is 13.1. The normalized spacial score (nSPS) is 13.1. The van der Waals surface area contributed by atoms with E-state index >= 15 is 0 Å². The van der Waals surface area contributed by atoms with Crippen LogP contribution in [0.15, 0.2) is 59.0 Å². The van der Waals surface area contributed by atoms with E-state index in [9.17, 15) is 9.18 Å². The van der Waals surface area contributed by atoms with Crippen molar-refractivity contribution in [3.05, 3.63) is 83.2 Å². The summed E-state index contributed by atoms with van der Waals surface area (Å²) in [5.74, 6) is 7.05. The van der Waals surface area contributed by atoms with E-state index in [1.165, 1.54) is 17.0 Å². The lowest BCUT2D eigenvalue weighted by Crippen LogP contribution is -2.44. The second kappa shape index (κ2) is 7.57. The van der Waals surface area contributed by atoms with E-state index < -0.39 is 0 Å². The lowest BCUT2D eigenvalue weighted by molar-refractivity contribution is 0.190. The Balaban J connectivity index is 1.50. The Morgan fingerprint density at radius 3 is 2.61 bits per heavy atom. The summed E-state index contributed by atoms with van der Waals surface area (Å²) in [6, 6.07) is 15.8. The monoisotopic (exact) mass is 375 g/mol. The van der Waals surface area contributed by atoms with Crippen molar-refractivity contribution in [2.24, 2.45) is 0 Å². The minimum atomic E-state index is -0.304. The van der Waals surface area contributed by atoms with Gasteiger partial charge in [0.2, 0.25) is 0 Å². The van der Waals surface area contributed by atoms with Gasteiger partial charge in [-0.25, -0.2) is 9.18 Å². The molecule has 0 saturated heterocycles. The number of amides is 2. The SMILES string of the molecule is CN1C(=O)N(Cc2ccc(F)cc2)Cc2oc(C#CCc3ccccc3)nc21. The van der Waals surface area contributed by atoms with Gasteiger partial charge in [-0.3, -0.25) is 4.90 Å². The zero-order valence-corrected chi connectivity index (χ0v) is 15.4.